The molecular formula is C16H14N2O3. The SMILES string of the molecule is Cc1ccn2nc(OCc3ccccc3)c(C(=O)O)c2c1. The lowest BCUT2D eigenvalue weighted by atomic mass is 10.2. The average Bonchev–Trinajstić information content (AvgIpc) is 2.84. The molecule has 0 atom stereocenters. The lowest BCUT2D eigenvalue weighted by molar-refractivity contribution is 0.0694. The van der Waals surface area contributed by atoms with Crippen LogP contribution in [-0.2, 0) is 6.61 Å². The molecule has 1 N–H and O–H groups in total. The van der Waals surface area contributed by atoms with Crippen LogP contribution in [0.5, 0.6) is 5.88 Å². The van der Waals surface area contributed by atoms with Gasteiger partial charge in [0.25, 0.3) is 0 Å². The lowest BCUT2D eigenvalue weighted by Gasteiger charge is -2.03. The summed E-state index contributed by atoms with van der Waals surface area (Å²) in [7, 11) is 0. The number of nitrogens with zero attached hydrogens (tertiary/aromatic N) is 2. The molecule has 0 aliphatic heterocycles. The van der Waals surface area contributed by atoms with Gasteiger partial charge in [-0.25, -0.2) is 9.31 Å². The fourth-order valence-corrected chi connectivity index (χ4v) is 2.16. The third-order valence-electron chi connectivity index (χ3n) is 3.19. The second-order valence-corrected chi connectivity index (χ2v) is 4.79. The van der Waals surface area contributed by atoms with Gasteiger partial charge in [0.05, 0.1) is 5.52 Å². The third kappa shape index (κ3) is 2.58. The Balaban J connectivity index is 1.98. The van der Waals surface area contributed by atoms with Crippen LogP contribution in [0, 0.1) is 6.92 Å². The number of carbonyl (C=O) groups is 1. The molecule has 0 radical (unpaired) electrons. The molecular weight excluding hydrogens is 268 g/mol. The molecule has 0 saturated heterocycles. The standard InChI is InChI=1S/C16H14N2O3/c1-11-7-8-18-13(9-11)14(16(19)20)15(17-18)21-10-12-5-3-2-4-6-12/h2-9H,10H2,1H3,(H,19,20). The molecule has 106 valence electrons. The molecule has 2 aromatic heterocycles. The largest absolute Gasteiger partial charge is 0.477 e. The molecule has 21 heavy (non-hydrogen) atoms. The van der Waals surface area contributed by atoms with Crippen LogP contribution in [0.4, 0.5) is 0 Å². The number of carboxylic acids is 1. The van der Waals surface area contributed by atoms with Gasteiger partial charge in [-0.15, -0.1) is 5.10 Å². The molecule has 5 heteroatoms. The summed E-state index contributed by atoms with van der Waals surface area (Å²) < 4.78 is 7.12. The van der Waals surface area contributed by atoms with Crippen molar-refractivity contribution in [3.63, 3.8) is 0 Å². The molecule has 0 fully saturated rings. The Kier molecular flexibility index (Phi) is 3.31. The molecule has 0 aliphatic carbocycles. The summed E-state index contributed by atoms with van der Waals surface area (Å²) in [6.07, 6.45) is 1.73. The van der Waals surface area contributed by atoms with Crippen LogP contribution in [0.25, 0.3) is 5.52 Å². The van der Waals surface area contributed by atoms with Crippen molar-refractivity contribution in [3.8, 4) is 5.88 Å². The van der Waals surface area contributed by atoms with Gasteiger partial charge in [0.2, 0.25) is 5.88 Å². The maximum atomic E-state index is 11.5. The van der Waals surface area contributed by atoms with Crippen LogP contribution in [-0.4, -0.2) is 20.7 Å². The minimum Gasteiger partial charge on any atom is -0.477 e. The highest BCUT2D eigenvalue weighted by Gasteiger charge is 2.20. The number of fused-ring (bicyclic) bond motifs is 1. The first kappa shape index (κ1) is 13.2. The number of aryl methyl sites for hydroxylation is 1. The number of ether oxygens (including phenoxy) is 1. The molecule has 0 amide bonds. The van der Waals surface area contributed by atoms with Crippen LogP contribution >= 0.6 is 0 Å². The van der Waals surface area contributed by atoms with Crippen molar-refractivity contribution < 1.29 is 14.6 Å². The van der Waals surface area contributed by atoms with Crippen molar-refractivity contribution in [2.24, 2.45) is 0 Å². The summed E-state index contributed by atoms with van der Waals surface area (Å²) >= 11 is 0. The summed E-state index contributed by atoms with van der Waals surface area (Å²) in [6, 6.07) is 13.2. The number of carboxylic acid groups (broad SMARTS) is 1. The van der Waals surface area contributed by atoms with Crippen molar-refractivity contribution in [1.82, 2.24) is 9.61 Å². The molecule has 0 saturated carbocycles. The maximum absolute atomic E-state index is 11.5. The van der Waals surface area contributed by atoms with Crippen LogP contribution in [0.15, 0.2) is 48.7 Å². The zero-order valence-electron chi connectivity index (χ0n) is 11.5. The van der Waals surface area contributed by atoms with E-state index in [1.165, 1.54) is 4.52 Å². The summed E-state index contributed by atoms with van der Waals surface area (Å²) in [4.78, 5) is 11.5. The number of benzene rings is 1. The monoisotopic (exact) mass is 282 g/mol. The van der Waals surface area contributed by atoms with Gasteiger partial charge < -0.3 is 9.84 Å². The minimum absolute atomic E-state index is 0.0923. The molecule has 3 aromatic rings. The number of pyridine rings is 1. The van der Waals surface area contributed by atoms with Crippen molar-refractivity contribution in [2.45, 2.75) is 13.5 Å². The van der Waals surface area contributed by atoms with Gasteiger partial charge in [-0.05, 0) is 30.2 Å². The Morgan fingerprint density at radius 1 is 1.29 bits per heavy atom. The zero-order valence-corrected chi connectivity index (χ0v) is 11.5. The van der Waals surface area contributed by atoms with E-state index in [0.29, 0.717) is 5.52 Å². The van der Waals surface area contributed by atoms with Crippen molar-refractivity contribution in [1.29, 1.82) is 0 Å². The molecule has 3 rings (SSSR count). The molecule has 0 unspecified atom stereocenters. The van der Waals surface area contributed by atoms with Crippen molar-refractivity contribution >= 4 is 11.5 Å². The van der Waals surface area contributed by atoms with Gasteiger partial charge in [-0.2, -0.15) is 0 Å². The molecule has 1 aromatic carbocycles. The van der Waals surface area contributed by atoms with Gasteiger partial charge in [0.15, 0.2) is 0 Å². The number of aromatic carboxylic acids is 1. The lowest BCUT2D eigenvalue weighted by Crippen LogP contribution is -2.02. The predicted octanol–water partition coefficient (Wildman–Crippen LogP) is 2.92. The molecule has 0 spiro atoms. The van der Waals surface area contributed by atoms with E-state index in [4.69, 9.17) is 4.74 Å². The molecule has 2 heterocycles. The molecule has 5 nitrogen and oxygen atoms in total. The second-order valence-electron chi connectivity index (χ2n) is 4.79. The quantitative estimate of drug-likeness (QED) is 0.799. The van der Waals surface area contributed by atoms with E-state index in [1.807, 2.05) is 43.3 Å². The maximum Gasteiger partial charge on any atom is 0.343 e. The third-order valence-corrected chi connectivity index (χ3v) is 3.19. The topological polar surface area (TPSA) is 63.8 Å². The average molecular weight is 282 g/mol. The highest BCUT2D eigenvalue weighted by Crippen LogP contribution is 2.24. The van der Waals surface area contributed by atoms with Gasteiger partial charge in [-0.3, -0.25) is 0 Å². The van der Waals surface area contributed by atoms with Crippen LogP contribution in [0.1, 0.15) is 21.5 Å². The first-order valence-electron chi connectivity index (χ1n) is 6.54. The van der Waals surface area contributed by atoms with Crippen molar-refractivity contribution in [2.75, 3.05) is 0 Å². The fourth-order valence-electron chi connectivity index (χ4n) is 2.16. The first-order chi connectivity index (χ1) is 10.1. The highest BCUT2D eigenvalue weighted by molar-refractivity contribution is 5.98. The first-order valence-corrected chi connectivity index (χ1v) is 6.54. The number of hydrogen-bond acceptors (Lipinski definition) is 3. The summed E-state index contributed by atoms with van der Waals surface area (Å²) in [5, 5.41) is 13.6. The van der Waals surface area contributed by atoms with Gasteiger partial charge >= 0.3 is 5.97 Å². The van der Waals surface area contributed by atoms with Crippen LogP contribution in [0.2, 0.25) is 0 Å². The number of hydrogen-bond donors (Lipinski definition) is 1. The van der Waals surface area contributed by atoms with Crippen molar-refractivity contribution in [3.05, 3.63) is 65.4 Å². The zero-order chi connectivity index (χ0) is 14.8. The summed E-state index contributed by atoms with van der Waals surface area (Å²) in [5.74, 6) is -0.907. The molecule has 0 aliphatic rings. The van der Waals surface area contributed by atoms with E-state index < -0.39 is 5.97 Å². The number of aromatic nitrogens is 2. The van der Waals surface area contributed by atoms with Crippen LogP contribution < -0.4 is 4.74 Å². The summed E-state index contributed by atoms with van der Waals surface area (Å²) in [6.45, 7) is 2.19. The van der Waals surface area contributed by atoms with E-state index in [2.05, 4.69) is 5.10 Å². The normalized spacial score (nSPS) is 10.7. The minimum atomic E-state index is -1.04. The van der Waals surface area contributed by atoms with E-state index >= 15 is 0 Å². The fraction of sp³-hybridized carbons (Fsp3) is 0.125. The van der Waals surface area contributed by atoms with E-state index in [-0.39, 0.29) is 18.1 Å². The Labute approximate surface area is 121 Å². The summed E-state index contributed by atoms with van der Waals surface area (Å²) in [5.41, 5.74) is 2.56. The smallest absolute Gasteiger partial charge is 0.343 e. The second kappa shape index (κ2) is 5.28. The Hall–Kier alpha value is -2.82. The Bertz CT molecular complexity index is 794. The molecule has 0 bridgehead atoms. The van der Waals surface area contributed by atoms with Gasteiger partial charge in [-0.1, -0.05) is 30.3 Å². The Morgan fingerprint density at radius 3 is 2.76 bits per heavy atom. The van der Waals surface area contributed by atoms with E-state index in [1.54, 1.807) is 12.3 Å². The Morgan fingerprint density at radius 2 is 2.05 bits per heavy atom. The van der Waals surface area contributed by atoms with Crippen LogP contribution in [0.3, 0.4) is 0 Å². The van der Waals surface area contributed by atoms with E-state index in [9.17, 15) is 9.90 Å². The predicted molar refractivity (Wildman–Crippen MR) is 77.7 cm³/mol. The van der Waals surface area contributed by atoms with Gasteiger partial charge in [0, 0.05) is 6.20 Å². The van der Waals surface area contributed by atoms with Gasteiger partial charge in [0.1, 0.15) is 12.2 Å². The highest BCUT2D eigenvalue weighted by atomic mass is 16.5. The number of rotatable bonds is 4. The van der Waals surface area contributed by atoms with E-state index in [0.717, 1.165) is 11.1 Å².